The first kappa shape index (κ1) is 33.7. The van der Waals surface area contributed by atoms with Gasteiger partial charge in [-0.15, -0.1) is 0 Å². The number of β-amino-alcohol motifs (C(OH)–C–C–N with tert-alkyl or cyclic N) is 3. The van der Waals surface area contributed by atoms with Crippen molar-refractivity contribution in [2.45, 2.75) is 95.9 Å². The molecule has 1 fully saturated rings. The van der Waals surface area contributed by atoms with Crippen LogP contribution in [0.25, 0.3) is 0 Å². The summed E-state index contributed by atoms with van der Waals surface area (Å²) in [5.41, 5.74) is -2.87. The molecule has 0 aromatic carbocycles. The van der Waals surface area contributed by atoms with Gasteiger partial charge >= 0.3 is 0 Å². The zero-order valence-electron chi connectivity index (χ0n) is 24.6. The minimum absolute atomic E-state index is 0.289. The molecule has 3 N–H and O–H groups in total. The molecule has 6 atom stereocenters. The van der Waals surface area contributed by atoms with Gasteiger partial charge in [-0.3, -0.25) is 14.7 Å². The number of rotatable bonds is 15. The van der Waals surface area contributed by atoms with E-state index in [1.54, 1.807) is 21.3 Å². The fourth-order valence-corrected chi connectivity index (χ4v) is 5.06. The van der Waals surface area contributed by atoms with Gasteiger partial charge < -0.3 is 29.5 Å². The van der Waals surface area contributed by atoms with Gasteiger partial charge in [-0.1, -0.05) is 20.8 Å². The Bertz CT molecular complexity index is 523. The smallest absolute Gasteiger partial charge is 0.103 e. The van der Waals surface area contributed by atoms with Crippen molar-refractivity contribution >= 4 is 0 Å². The van der Waals surface area contributed by atoms with Crippen LogP contribution in [0.5, 0.6) is 0 Å². The van der Waals surface area contributed by atoms with E-state index in [1.165, 1.54) is 0 Å². The quantitative estimate of drug-likeness (QED) is 0.297. The van der Waals surface area contributed by atoms with Crippen molar-refractivity contribution in [3.63, 3.8) is 0 Å². The molecule has 36 heavy (non-hydrogen) atoms. The normalized spacial score (nSPS) is 25.0. The Hall–Kier alpha value is -0.360. The maximum atomic E-state index is 11.4. The Balaban J connectivity index is 3.19. The predicted molar refractivity (Wildman–Crippen MR) is 144 cm³/mol. The average molecular weight is 520 g/mol. The summed E-state index contributed by atoms with van der Waals surface area (Å²) in [6.07, 6.45) is 0.906. The van der Waals surface area contributed by atoms with Gasteiger partial charge in [0.2, 0.25) is 0 Å². The lowest BCUT2D eigenvalue weighted by Gasteiger charge is -2.39. The third-order valence-corrected chi connectivity index (χ3v) is 8.86. The Morgan fingerprint density at radius 2 is 0.722 bits per heavy atom. The van der Waals surface area contributed by atoms with Crippen LogP contribution in [0.1, 0.15) is 60.8 Å². The summed E-state index contributed by atoms with van der Waals surface area (Å²) in [4.78, 5) is 6.87. The van der Waals surface area contributed by atoms with Gasteiger partial charge in [-0.2, -0.15) is 0 Å². The predicted octanol–water partition coefficient (Wildman–Crippen LogP) is 1.43. The second kappa shape index (κ2) is 15.3. The van der Waals surface area contributed by atoms with Crippen molar-refractivity contribution < 1.29 is 29.5 Å². The summed E-state index contributed by atoms with van der Waals surface area (Å²) >= 11 is 0. The third kappa shape index (κ3) is 9.13. The first-order valence-electron chi connectivity index (χ1n) is 13.8. The van der Waals surface area contributed by atoms with E-state index in [4.69, 9.17) is 14.2 Å². The molecule has 6 unspecified atom stereocenters. The first-order valence-corrected chi connectivity index (χ1v) is 13.8. The highest BCUT2D eigenvalue weighted by molar-refractivity contribution is 4.92. The Morgan fingerprint density at radius 1 is 0.528 bits per heavy atom. The van der Waals surface area contributed by atoms with Crippen LogP contribution in [0, 0.1) is 0 Å². The molecule has 0 aromatic heterocycles. The zero-order chi connectivity index (χ0) is 27.6. The van der Waals surface area contributed by atoms with Gasteiger partial charge in [0.1, 0.15) is 16.8 Å². The lowest BCUT2D eigenvalue weighted by atomic mass is 9.93. The zero-order valence-corrected chi connectivity index (χ0v) is 24.6. The number of hydrogen-bond acceptors (Lipinski definition) is 9. The fraction of sp³-hybridized carbons (Fsp3) is 1.00. The lowest BCUT2D eigenvalue weighted by molar-refractivity contribution is -0.108. The van der Waals surface area contributed by atoms with Crippen molar-refractivity contribution in [3.05, 3.63) is 0 Å². The Morgan fingerprint density at radius 3 is 0.861 bits per heavy atom. The second-order valence-electron chi connectivity index (χ2n) is 10.8. The van der Waals surface area contributed by atoms with Crippen LogP contribution in [0.4, 0.5) is 0 Å². The molecule has 0 bridgehead atoms. The molecule has 1 rings (SSSR count). The highest BCUT2D eigenvalue weighted by atomic mass is 16.5. The summed E-state index contributed by atoms with van der Waals surface area (Å²) in [6.45, 7) is 17.8. The molecule has 0 amide bonds. The summed E-state index contributed by atoms with van der Waals surface area (Å²) in [5, 5.41) is 34.1. The standard InChI is InChI=1S/C27H57N3O6/c1-10-25(31,22(4)34-7)19-28-13-15-29(20-26(32,11-2)23(5)35-8)17-18-30(16-14-28)21-27(33,12-3)24(6)36-9/h22-24,31-33H,10-21H2,1-9H3. The first-order chi connectivity index (χ1) is 16.9. The number of aliphatic hydroxyl groups is 3. The van der Waals surface area contributed by atoms with Crippen molar-refractivity contribution in [2.24, 2.45) is 0 Å². The average Bonchev–Trinajstić information content (AvgIpc) is 2.98. The van der Waals surface area contributed by atoms with Crippen LogP contribution < -0.4 is 0 Å². The number of methoxy groups -OCH3 is 3. The summed E-state index contributed by atoms with van der Waals surface area (Å²) in [5.74, 6) is 0. The van der Waals surface area contributed by atoms with Gasteiger partial charge in [0.25, 0.3) is 0 Å². The van der Waals surface area contributed by atoms with Gasteiger partial charge in [0, 0.05) is 80.2 Å². The Kier molecular flexibility index (Phi) is 14.3. The highest BCUT2D eigenvalue weighted by Gasteiger charge is 2.38. The molecule has 1 aliphatic rings. The van der Waals surface area contributed by atoms with E-state index in [-0.39, 0.29) is 18.3 Å². The van der Waals surface area contributed by atoms with Crippen LogP contribution >= 0.6 is 0 Å². The largest absolute Gasteiger partial charge is 0.386 e. The SMILES string of the molecule is CCC(O)(CN1CCN(CC(O)(CC)C(C)OC)CCN(CC(O)(CC)C(C)OC)CC1)C(C)OC. The van der Waals surface area contributed by atoms with Crippen LogP contribution in [-0.4, -0.2) is 145 Å². The van der Waals surface area contributed by atoms with Gasteiger partial charge in [-0.25, -0.2) is 0 Å². The third-order valence-electron chi connectivity index (χ3n) is 8.86. The molecule has 0 spiro atoms. The maximum Gasteiger partial charge on any atom is 0.103 e. The van der Waals surface area contributed by atoms with Crippen molar-refractivity contribution in [3.8, 4) is 0 Å². The van der Waals surface area contributed by atoms with E-state index in [9.17, 15) is 15.3 Å². The minimum atomic E-state index is -0.956. The molecule has 1 aliphatic heterocycles. The lowest BCUT2D eigenvalue weighted by Crippen LogP contribution is -2.54. The molecule has 9 heteroatoms. The van der Waals surface area contributed by atoms with E-state index in [2.05, 4.69) is 14.7 Å². The molecule has 1 saturated heterocycles. The van der Waals surface area contributed by atoms with Crippen molar-refractivity contribution in [2.75, 3.05) is 80.2 Å². The number of hydrogen-bond donors (Lipinski definition) is 3. The number of nitrogens with zero attached hydrogens (tertiary/aromatic N) is 3. The van der Waals surface area contributed by atoms with E-state index >= 15 is 0 Å². The van der Waals surface area contributed by atoms with E-state index < -0.39 is 16.8 Å². The topological polar surface area (TPSA) is 98.1 Å². The Labute approximate surface area is 220 Å². The molecule has 216 valence electrons. The summed E-state index contributed by atoms with van der Waals surface area (Å²) in [7, 11) is 4.91. The van der Waals surface area contributed by atoms with Crippen LogP contribution in [0.3, 0.4) is 0 Å². The van der Waals surface area contributed by atoms with Crippen LogP contribution in [0.2, 0.25) is 0 Å². The molecular formula is C27H57N3O6. The van der Waals surface area contributed by atoms with E-state index in [1.807, 2.05) is 41.5 Å². The van der Waals surface area contributed by atoms with Crippen molar-refractivity contribution in [1.29, 1.82) is 0 Å². The second-order valence-corrected chi connectivity index (χ2v) is 10.8. The van der Waals surface area contributed by atoms with Crippen LogP contribution in [-0.2, 0) is 14.2 Å². The molecule has 0 saturated carbocycles. The number of ether oxygens (including phenoxy) is 3. The molecule has 0 aromatic rings. The summed E-state index contributed by atoms with van der Waals surface area (Å²) in [6, 6.07) is 0. The summed E-state index contributed by atoms with van der Waals surface area (Å²) < 4.78 is 16.6. The molecule has 1 heterocycles. The maximum absolute atomic E-state index is 11.4. The van der Waals surface area contributed by atoms with Gasteiger partial charge in [0.15, 0.2) is 0 Å². The molecular weight excluding hydrogens is 462 g/mol. The van der Waals surface area contributed by atoms with Crippen molar-refractivity contribution in [1.82, 2.24) is 14.7 Å². The highest BCUT2D eigenvalue weighted by Crippen LogP contribution is 2.24. The molecule has 9 nitrogen and oxygen atoms in total. The minimum Gasteiger partial charge on any atom is -0.386 e. The van der Waals surface area contributed by atoms with E-state index in [0.717, 1.165) is 39.3 Å². The van der Waals surface area contributed by atoms with E-state index in [0.29, 0.717) is 38.9 Å². The molecule has 0 radical (unpaired) electrons. The monoisotopic (exact) mass is 519 g/mol. The van der Waals surface area contributed by atoms with Gasteiger partial charge in [-0.05, 0) is 40.0 Å². The molecule has 0 aliphatic carbocycles. The van der Waals surface area contributed by atoms with Gasteiger partial charge in [0.05, 0.1) is 18.3 Å². The van der Waals surface area contributed by atoms with Crippen LogP contribution in [0.15, 0.2) is 0 Å². The fourth-order valence-electron chi connectivity index (χ4n) is 5.06.